The Labute approximate surface area is 71.9 Å². The van der Waals surface area contributed by atoms with Crippen molar-refractivity contribution >= 4 is 13.0 Å². The molecule has 6 heteroatoms. The standard InChI is InChI=1S/C6H14NO4P/c1-4-10-12(9,11-5-2)6(3)7-8/h8H,4-5H2,1-3H3. The van der Waals surface area contributed by atoms with E-state index in [1.807, 2.05) is 0 Å². The summed E-state index contributed by atoms with van der Waals surface area (Å²) in [5, 5.41) is 11.2. The molecule has 0 unspecified atom stereocenters. The Morgan fingerprint density at radius 1 is 1.42 bits per heavy atom. The average molecular weight is 195 g/mol. The first-order valence-corrected chi connectivity index (χ1v) is 5.23. The van der Waals surface area contributed by atoms with Gasteiger partial charge in [0.25, 0.3) is 0 Å². The second kappa shape index (κ2) is 5.30. The van der Waals surface area contributed by atoms with Gasteiger partial charge in [0.1, 0.15) is 0 Å². The average Bonchev–Trinajstić information content (AvgIpc) is 2.04. The fourth-order valence-corrected chi connectivity index (χ4v) is 1.86. The lowest BCUT2D eigenvalue weighted by atomic mass is 10.9. The molecule has 0 aromatic carbocycles. The Kier molecular flexibility index (Phi) is 5.13. The van der Waals surface area contributed by atoms with Crippen molar-refractivity contribution in [3.63, 3.8) is 0 Å². The van der Waals surface area contributed by atoms with Crippen LogP contribution in [-0.2, 0) is 13.6 Å². The highest BCUT2D eigenvalue weighted by atomic mass is 31.2. The van der Waals surface area contributed by atoms with Gasteiger partial charge in [-0.2, -0.15) is 0 Å². The van der Waals surface area contributed by atoms with Crippen molar-refractivity contribution in [3.05, 3.63) is 0 Å². The lowest BCUT2D eigenvalue weighted by Crippen LogP contribution is -2.03. The van der Waals surface area contributed by atoms with Gasteiger partial charge < -0.3 is 14.3 Å². The van der Waals surface area contributed by atoms with Crippen LogP contribution in [0.15, 0.2) is 5.16 Å². The zero-order chi connectivity index (χ0) is 9.61. The molecule has 0 radical (unpaired) electrons. The van der Waals surface area contributed by atoms with Crippen molar-refractivity contribution in [1.82, 2.24) is 0 Å². The molecule has 72 valence electrons. The fraction of sp³-hybridized carbons (Fsp3) is 0.833. The second-order valence-electron chi connectivity index (χ2n) is 1.98. The lowest BCUT2D eigenvalue weighted by molar-refractivity contribution is 0.230. The summed E-state index contributed by atoms with van der Waals surface area (Å²) in [6, 6.07) is 0. The van der Waals surface area contributed by atoms with Crippen LogP contribution in [0.5, 0.6) is 0 Å². The first-order chi connectivity index (χ1) is 5.60. The molecular formula is C6H14NO4P. The van der Waals surface area contributed by atoms with Crippen LogP contribution in [-0.4, -0.2) is 23.9 Å². The highest BCUT2D eigenvalue weighted by Crippen LogP contribution is 2.49. The van der Waals surface area contributed by atoms with E-state index in [1.54, 1.807) is 13.8 Å². The SMILES string of the molecule is CCOP(=O)(OCC)C(C)=NO. The molecule has 0 heterocycles. The Morgan fingerprint density at radius 3 is 2.08 bits per heavy atom. The van der Waals surface area contributed by atoms with Crippen molar-refractivity contribution in [2.45, 2.75) is 20.8 Å². The van der Waals surface area contributed by atoms with Gasteiger partial charge in [0.15, 0.2) is 5.45 Å². The van der Waals surface area contributed by atoms with E-state index < -0.39 is 7.60 Å². The molecule has 0 aromatic heterocycles. The summed E-state index contributed by atoms with van der Waals surface area (Å²) in [7, 11) is -3.31. The van der Waals surface area contributed by atoms with Gasteiger partial charge in [0.2, 0.25) is 0 Å². The third kappa shape index (κ3) is 2.93. The summed E-state index contributed by atoms with van der Waals surface area (Å²) in [6.45, 7) is 5.28. The van der Waals surface area contributed by atoms with Gasteiger partial charge in [0.05, 0.1) is 13.2 Å². The lowest BCUT2D eigenvalue weighted by Gasteiger charge is -2.14. The smallest absolute Gasteiger partial charge is 0.378 e. The zero-order valence-corrected chi connectivity index (χ0v) is 8.38. The first-order valence-electron chi connectivity index (χ1n) is 3.69. The molecule has 0 spiro atoms. The maximum Gasteiger partial charge on any atom is 0.378 e. The van der Waals surface area contributed by atoms with Crippen molar-refractivity contribution < 1.29 is 18.8 Å². The van der Waals surface area contributed by atoms with Crippen LogP contribution in [0.1, 0.15) is 20.8 Å². The van der Waals surface area contributed by atoms with Gasteiger partial charge in [0, 0.05) is 0 Å². The minimum Gasteiger partial charge on any atom is -0.410 e. The molecule has 0 bridgehead atoms. The fourth-order valence-electron chi connectivity index (χ4n) is 0.619. The van der Waals surface area contributed by atoms with E-state index in [2.05, 4.69) is 5.16 Å². The van der Waals surface area contributed by atoms with Crippen molar-refractivity contribution in [2.75, 3.05) is 13.2 Å². The maximum atomic E-state index is 11.6. The second-order valence-corrected chi connectivity index (χ2v) is 4.14. The largest absolute Gasteiger partial charge is 0.410 e. The van der Waals surface area contributed by atoms with Crippen LogP contribution in [0.2, 0.25) is 0 Å². The van der Waals surface area contributed by atoms with Crippen molar-refractivity contribution in [2.24, 2.45) is 5.16 Å². The Balaban J connectivity index is 4.50. The third-order valence-electron chi connectivity index (χ3n) is 1.14. The quantitative estimate of drug-likeness (QED) is 0.315. The summed E-state index contributed by atoms with van der Waals surface area (Å²) in [6.07, 6.45) is 0. The third-order valence-corrected chi connectivity index (χ3v) is 3.22. The van der Waals surface area contributed by atoms with Crippen LogP contribution >= 0.6 is 7.60 Å². The van der Waals surface area contributed by atoms with Crippen LogP contribution in [0, 0.1) is 0 Å². The molecular weight excluding hydrogens is 181 g/mol. The highest BCUT2D eigenvalue weighted by Gasteiger charge is 2.28. The number of rotatable bonds is 5. The molecule has 0 rings (SSSR count). The van der Waals surface area contributed by atoms with Crippen molar-refractivity contribution in [3.8, 4) is 0 Å². The van der Waals surface area contributed by atoms with E-state index in [0.717, 1.165) is 0 Å². The topological polar surface area (TPSA) is 68.1 Å². The summed E-state index contributed by atoms with van der Waals surface area (Å²) >= 11 is 0. The Morgan fingerprint density at radius 2 is 1.83 bits per heavy atom. The number of oxime groups is 1. The molecule has 0 aliphatic heterocycles. The zero-order valence-electron chi connectivity index (χ0n) is 7.48. The van der Waals surface area contributed by atoms with Gasteiger partial charge in [-0.1, -0.05) is 5.16 Å². The Bertz CT molecular complexity index is 194. The van der Waals surface area contributed by atoms with Gasteiger partial charge >= 0.3 is 7.60 Å². The highest BCUT2D eigenvalue weighted by molar-refractivity contribution is 7.72. The molecule has 1 N–H and O–H groups in total. The van der Waals surface area contributed by atoms with Crippen LogP contribution < -0.4 is 0 Å². The van der Waals surface area contributed by atoms with Gasteiger partial charge in [-0.25, -0.2) is 0 Å². The van der Waals surface area contributed by atoms with Gasteiger partial charge in [-0.15, -0.1) is 0 Å². The van der Waals surface area contributed by atoms with Crippen molar-refractivity contribution in [1.29, 1.82) is 0 Å². The summed E-state index contributed by atoms with van der Waals surface area (Å²) in [4.78, 5) is 0. The molecule has 0 aliphatic rings. The molecule has 5 nitrogen and oxygen atoms in total. The van der Waals surface area contributed by atoms with E-state index in [9.17, 15) is 4.57 Å². The number of hydrogen-bond acceptors (Lipinski definition) is 5. The van der Waals surface area contributed by atoms with E-state index in [1.165, 1.54) is 6.92 Å². The minimum absolute atomic E-state index is 0.0220. The molecule has 0 aromatic rings. The minimum atomic E-state index is -3.31. The van der Waals surface area contributed by atoms with E-state index >= 15 is 0 Å². The molecule has 0 aliphatic carbocycles. The summed E-state index contributed by atoms with van der Waals surface area (Å²) in [5.41, 5.74) is -0.0220. The maximum absolute atomic E-state index is 11.6. The van der Waals surface area contributed by atoms with Crippen LogP contribution in [0.25, 0.3) is 0 Å². The monoisotopic (exact) mass is 195 g/mol. The first kappa shape index (κ1) is 11.6. The molecule has 12 heavy (non-hydrogen) atoms. The number of nitrogens with zero attached hydrogens (tertiary/aromatic N) is 1. The molecule has 0 saturated heterocycles. The van der Waals surface area contributed by atoms with E-state index in [-0.39, 0.29) is 18.7 Å². The molecule has 0 saturated carbocycles. The van der Waals surface area contributed by atoms with Gasteiger partial charge in [-0.3, -0.25) is 4.57 Å². The molecule has 0 amide bonds. The van der Waals surface area contributed by atoms with Crippen LogP contribution in [0.4, 0.5) is 0 Å². The molecule has 0 atom stereocenters. The predicted octanol–water partition coefficient (Wildman–Crippen LogP) is 2.06. The van der Waals surface area contributed by atoms with E-state index in [0.29, 0.717) is 0 Å². The van der Waals surface area contributed by atoms with E-state index in [4.69, 9.17) is 14.3 Å². The Hall–Kier alpha value is -0.380. The normalized spacial score (nSPS) is 13.4. The van der Waals surface area contributed by atoms with Gasteiger partial charge in [-0.05, 0) is 20.8 Å². The molecule has 0 fully saturated rings. The summed E-state index contributed by atoms with van der Waals surface area (Å²) in [5.74, 6) is 0. The van der Waals surface area contributed by atoms with Crippen LogP contribution in [0.3, 0.4) is 0 Å². The predicted molar refractivity (Wildman–Crippen MR) is 45.8 cm³/mol. The number of hydrogen-bond donors (Lipinski definition) is 1. The summed E-state index contributed by atoms with van der Waals surface area (Å²) < 4.78 is 21.3.